The molecule has 0 fully saturated rings. The Morgan fingerprint density at radius 2 is 1.93 bits per heavy atom. The van der Waals surface area contributed by atoms with E-state index in [2.05, 4.69) is 11.9 Å². The average Bonchev–Trinajstić information content (AvgIpc) is 2.21. The Bertz CT molecular complexity index is 162. The van der Waals surface area contributed by atoms with E-state index >= 15 is 0 Å². The fourth-order valence-electron chi connectivity index (χ4n) is 0.724. The second-order valence-corrected chi connectivity index (χ2v) is 2.51. The van der Waals surface area contributed by atoms with Gasteiger partial charge in [-0.3, -0.25) is 4.79 Å². The zero-order valence-electron chi connectivity index (χ0n) is 8.33. The van der Waals surface area contributed by atoms with E-state index in [1.165, 1.54) is 6.08 Å². The van der Waals surface area contributed by atoms with Crippen LogP contribution in [0.5, 0.6) is 0 Å². The molecular formula is C9H18N2O3. The second kappa shape index (κ2) is 10.2. The van der Waals surface area contributed by atoms with Gasteiger partial charge in [0.15, 0.2) is 0 Å². The van der Waals surface area contributed by atoms with Crippen LogP contribution in [-0.2, 0) is 14.3 Å². The molecule has 0 spiro atoms. The Balaban J connectivity index is 2.99. The lowest BCUT2D eigenvalue weighted by Gasteiger charge is -2.05. The van der Waals surface area contributed by atoms with Crippen molar-refractivity contribution in [2.45, 2.75) is 0 Å². The Hall–Kier alpha value is -0.910. The number of carbonyl (C=O) groups excluding carboxylic acids is 1. The van der Waals surface area contributed by atoms with Gasteiger partial charge >= 0.3 is 0 Å². The summed E-state index contributed by atoms with van der Waals surface area (Å²) in [5, 5.41) is 2.59. The third-order valence-corrected chi connectivity index (χ3v) is 1.37. The second-order valence-electron chi connectivity index (χ2n) is 2.51. The van der Waals surface area contributed by atoms with Gasteiger partial charge in [0.2, 0.25) is 5.91 Å². The Morgan fingerprint density at radius 1 is 1.29 bits per heavy atom. The Morgan fingerprint density at radius 3 is 2.50 bits per heavy atom. The van der Waals surface area contributed by atoms with Crippen LogP contribution in [0.3, 0.4) is 0 Å². The molecule has 0 unspecified atom stereocenters. The molecule has 0 aliphatic heterocycles. The lowest BCUT2D eigenvalue weighted by atomic mass is 10.5. The lowest BCUT2D eigenvalue weighted by Crippen LogP contribution is -2.25. The van der Waals surface area contributed by atoms with Crippen LogP contribution in [0.1, 0.15) is 0 Å². The normalized spacial score (nSPS) is 9.79. The monoisotopic (exact) mass is 202 g/mol. The van der Waals surface area contributed by atoms with Crippen molar-refractivity contribution in [2.75, 3.05) is 39.5 Å². The van der Waals surface area contributed by atoms with Gasteiger partial charge in [-0.15, -0.1) is 0 Å². The van der Waals surface area contributed by atoms with E-state index in [0.29, 0.717) is 39.5 Å². The molecule has 0 bridgehead atoms. The first-order valence-electron chi connectivity index (χ1n) is 4.57. The van der Waals surface area contributed by atoms with E-state index in [9.17, 15) is 4.79 Å². The maximum atomic E-state index is 10.7. The summed E-state index contributed by atoms with van der Waals surface area (Å²) in [6, 6.07) is 0. The molecular weight excluding hydrogens is 184 g/mol. The van der Waals surface area contributed by atoms with Crippen LogP contribution in [0.15, 0.2) is 12.7 Å². The number of amides is 1. The van der Waals surface area contributed by atoms with Crippen molar-refractivity contribution in [1.29, 1.82) is 0 Å². The highest BCUT2D eigenvalue weighted by molar-refractivity contribution is 5.86. The third-order valence-electron chi connectivity index (χ3n) is 1.37. The molecule has 0 saturated carbocycles. The van der Waals surface area contributed by atoms with Crippen molar-refractivity contribution in [1.82, 2.24) is 5.32 Å². The van der Waals surface area contributed by atoms with Gasteiger partial charge in [-0.1, -0.05) is 6.58 Å². The fourth-order valence-corrected chi connectivity index (χ4v) is 0.724. The van der Waals surface area contributed by atoms with Crippen molar-refractivity contribution in [3.8, 4) is 0 Å². The highest BCUT2D eigenvalue weighted by Gasteiger charge is 1.92. The molecule has 5 nitrogen and oxygen atoms in total. The molecule has 0 atom stereocenters. The Labute approximate surface area is 84.2 Å². The summed E-state index contributed by atoms with van der Waals surface area (Å²) in [5.74, 6) is -0.187. The van der Waals surface area contributed by atoms with E-state index in [1.807, 2.05) is 0 Å². The van der Waals surface area contributed by atoms with Gasteiger partial charge in [-0.05, 0) is 6.08 Å². The number of carbonyl (C=O) groups is 1. The van der Waals surface area contributed by atoms with Crippen LogP contribution < -0.4 is 11.1 Å². The number of rotatable bonds is 9. The van der Waals surface area contributed by atoms with Crippen molar-refractivity contribution in [3.63, 3.8) is 0 Å². The quantitative estimate of drug-likeness (QED) is 0.382. The standard InChI is InChI=1S/C9H18N2O3/c1-2-9(12)11-4-6-14-8-7-13-5-3-10/h2H,1,3-8,10H2,(H,11,12). The minimum Gasteiger partial charge on any atom is -0.378 e. The number of hydrogen-bond acceptors (Lipinski definition) is 4. The van der Waals surface area contributed by atoms with Crippen LogP contribution in [0.25, 0.3) is 0 Å². The number of nitrogens with two attached hydrogens (primary N) is 1. The minimum absolute atomic E-state index is 0.187. The Kier molecular flexibility index (Phi) is 9.51. The first-order chi connectivity index (χ1) is 6.81. The van der Waals surface area contributed by atoms with Crippen LogP contribution in [0.2, 0.25) is 0 Å². The summed E-state index contributed by atoms with van der Waals surface area (Å²) in [7, 11) is 0. The molecule has 82 valence electrons. The maximum Gasteiger partial charge on any atom is 0.243 e. The molecule has 0 rings (SSSR count). The van der Waals surface area contributed by atoms with E-state index in [-0.39, 0.29) is 5.91 Å². The van der Waals surface area contributed by atoms with E-state index < -0.39 is 0 Å². The average molecular weight is 202 g/mol. The van der Waals surface area contributed by atoms with Gasteiger partial charge in [0.05, 0.1) is 26.4 Å². The smallest absolute Gasteiger partial charge is 0.243 e. The molecule has 0 heterocycles. The number of nitrogens with one attached hydrogen (secondary N) is 1. The predicted molar refractivity (Wildman–Crippen MR) is 53.9 cm³/mol. The van der Waals surface area contributed by atoms with Crippen LogP contribution in [-0.4, -0.2) is 45.4 Å². The van der Waals surface area contributed by atoms with Crippen LogP contribution >= 0.6 is 0 Å². The van der Waals surface area contributed by atoms with Crippen molar-refractivity contribution >= 4 is 5.91 Å². The van der Waals surface area contributed by atoms with E-state index in [0.717, 1.165) is 0 Å². The summed E-state index contributed by atoms with van der Waals surface area (Å²) in [4.78, 5) is 10.7. The lowest BCUT2D eigenvalue weighted by molar-refractivity contribution is -0.116. The molecule has 0 saturated heterocycles. The van der Waals surface area contributed by atoms with Crippen molar-refractivity contribution in [2.24, 2.45) is 5.73 Å². The van der Waals surface area contributed by atoms with Gasteiger partial charge in [0, 0.05) is 13.1 Å². The van der Waals surface area contributed by atoms with Crippen LogP contribution in [0, 0.1) is 0 Å². The molecule has 3 N–H and O–H groups in total. The molecule has 14 heavy (non-hydrogen) atoms. The first kappa shape index (κ1) is 13.1. The molecule has 0 radical (unpaired) electrons. The summed E-state index contributed by atoms with van der Waals surface area (Å²) in [6.07, 6.45) is 1.23. The molecule has 0 aliphatic rings. The largest absolute Gasteiger partial charge is 0.378 e. The van der Waals surface area contributed by atoms with E-state index in [1.54, 1.807) is 0 Å². The molecule has 0 aromatic carbocycles. The topological polar surface area (TPSA) is 73.6 Å². The van der Waals surface area contributed by atoms with Gasteiger partial charge in [0.1, 0.15) is 0 Å². The molecule has 1 amide bonds. The fraction of sp³-hybridized carbons (Fsp3) is 0.667. The minimum atomic E-state index is -0.187. The van der Waals surface area contributed by atoms with Gasteiger partial charge in [-0.2, -0.15) is 0 Å². The van der Waals surface area contributed by atoms with Gasteiger partial charge < -0.3 is 20.5 Å². The maximum absolute atomic E-state index is 10.7. The van der Waals surface area contributed by atoms with E-state index in [4.69, 9.17) is 15.2 Å². The zero-order valence-corrected chi connectivity index (χ0v) is 8.33. The summed E-state index contributed by atoms with van der Waals surface area (Å²) < 4.78 is 10.2. The summed E-state index contributed by atoms with van der Waals surface area (Å²) in [5.41, 5.74) is 5.22. The SMILES string of the molecule is C=CC(=O)NCCOCCOCCN. The highest BCUT2D eigenvalue weighted by atomic mass is 16.5. The first-order valence-corrected chi connectivity index (χ1v) is 4.57. The molecule has 0 aromatic heterocycles. The molecule has 5 heteroatoms. The summed E-state index contributed by atoms with van der Waals surface area (Å²) >= 11 is 0. The van der Waals surface area contributed by atoms with Crippen molar-refractivity contribution < 1.29 is 14.3 Å². The molecule has 0 aliphatic carbocycles. The van der Waals surface area contributed by atoms with Crippen LogP contribution in [0.4, 0.5) is 0 Å². The van der Waals surface area contributed by atoms with Gasteiger partial charge in [-0.25, -0.2) is 0 Å². The van der Waals surface area contributed by atoms with Crippen molar-refractivity contribution in [3.05, 3.63) is 12.7 Å². The van der Waals surface area contributed by atoms with Gasteiger partial charge in [0.25, 0.3) is 0 Å². The molecule has 0 aromatic rings. The third kappa shape index (κ3) is 9.18. The predicted octanol–water partition coefficient (Wildman–Crippen LogP) is -0.719. The zero-order chi connectivity index (χ0) is 10.6. The number of hydrogen-bond donors (Lipinski definition) is 2. The highest BCUT2D eigenvalue weighted by Crippen LogP contribution is 1.77. The number of ether oxygens (including phenoxy) is 2. The summed E-state index contributed by atoms with van der Waals surface area (Å²) in [6.45, 7) is 6.42.